The lowest BCUT2D eigenvalue weighted by molar-refractivity contribution is -0.151. The normalized spacial score (nSPS) is 23.0. The van der Waals surface area contributed by atoms with Gasteiger partial charge in [0.15, 0.2) is 0 Å². The largest absolute Gasteiger partial charge is 0.508 e. The Morgan fingerprint density at radius 2 is 2.07 bits per heavy atom. The summed E-state index contributed by atoms with van der Waals surface area (Å²) in [5.41, 5.74) is -0.889. The minimum atomic E-state index is -2.11. The van der Waals surface area contributed by atoms with Crippen molar-refractivity contribution < 1.29 is 39.1 Å². The first-order chi connectivity index (χ1) is 13.2. The zero-order valence-corrected chi connectivity index (χ0v) is 16.0. The molecule has 2 atom stereocenters. The average molecular weight is 392 g/mol. The standard InChI is InChI=1S/C20H24O8/c1-4-14-19(24)28-11-15(18(23)26-3)20(14,25)10-17(22)27-8-7-13-5-6-16(21)12(2)9-13/h4-6,9,11,19,21,24-25H,7-8,10H2,1-3H3/b14-4-/t19-,20-/m1/s1. The first-order valence-electron chi connectivity index (χ1n) is 8.68. The van der Waals surface area contributed by atoms with Gasteiger partial charge in [-0.2, -0.15) is 0 Å². The van der Waals surface area contributed by atoms with Crippen molar-refractivity contribution in [3.63, 3.8) is 0 Å². The number of ether oxygens (including phenoxy) is 3. The van der Waals surface area contributed by atoms with Crippen LogP contribution in [-0.4, -0.2) is 52.9 Å². The fourth-order valence-corrected chi connectivity index (χ4v) is 2.98. The molecule has 0 amide bonds. The van der Waals surface area contributed by atoms with Crippen LogP contribution in [0.2, 0.25) is 0 Å². The number of esters is 2. The van der Waals surface area contributed by atoms with Gasteiger partial charge in [-0.25, -0.2) is 4.79 Å². The Kier molecular flexibility index (Phi) is 6.82. The van der Waals surface area contributed by atoms with Crippen LogP contribution in [0.15, 0.2) is 41.7 Å². The number of hydrogen-bond acceptors (Lipinski definition) is 8. The van der Waals surface area contributed by atoms with Crippen LogP contribution in [0, 0.1) is 6.92 Å². The molecule has 3 N–H and O–H groups in total. The van der Waals surface area contributed by atoms with Crippen molar-refractivity contribution in [3.8, 4) is 5.75 Å². The second-order valence-electron chi connectivity index (χ2n) is 6.38. The van der Waals surface area contributed by atoms with Gasteiger partial charge in [-0.1, -0.05) is 18.2 Å². The number of methoxy groups -OCH3 is 1. The number of rotatable bonds is 6. The van der Waals surface area contributed by atoms with E-state index in [4.69, 9.17) is 9.47 Å². The van der Waals surface area contributed by atoms with Crippen molar-refractivity contribution in [1.82, 2.24) is 0 Å². The van der Waals surface area contributed by atoms with E-state index in [0.29, 0.717) is 12.0 Å². The topological polar surface area (TPSA) is 123 Å². The smallest absolute Gasteiger partial charge is 0.340 e. The average Bonchev–Trinajstić information content (AvgIpc) is 2.64. The number of allylic oxidation sites excluding steroid dienone is 1. The summed E-state index contributed by atoms with van der Waals surface area (Å²) in [5, 5.41) is 30.5. The molecule has 0 aliphatic carbocycles. The molecule has 2 rings (SSSR count). The Morgan fingerprint density at radius 3 is 2.68 bits per heavy atom. The molecule has 8 nitrogen and oxygen atoms in total. The lowest BCUT2D eigenvalue weighted by Gasteiger charge is -2.36. The third-order valence-corrected chi connectivity index (χ3v) is 4.54. The van der Waals surface area contributed by atoms with Crippen LogP contribution in [-0.2, 0) is 30.2 Å². The third-order valence-electron chi connectivity index (χ3n) is 4.54. The number of hydrogen-bond donors (Lipinski definition) is 3. The van der Waals surface area contributed by atoms with Crippen molar-refractivity contribution >= 4 is 11.9 Å². The molecule has 0 fully saturated rings. The predicted octanol–water partition coefficient (Wildman–Crippen LogP) is 1.26. The molecule has 1 aliphatic rings. The molecule has 1 aromatic rings. The number of carbonyl (C=O) groups excluding carboxylic acids is 2. The molecule has 0 unspecified atom stereocenters. The highest BCUT2D eigenvalue weighted by atomic mass is 16.6. The van der Waals surface area contributed by atoms with E-state index in [2.05, 4.69) is 4.74 Å². The van der Waals surface area contributed by atoms with E-state index < -0.39 is 30.3 Å². The molecular weight excluding hydrogens is 368 g/mol. The number of phenols is 1. The van der Waals surface area contributed by atoms with Gasteiger partial charge in [-0.05, 0) is 31.0 Å². The monoisotopic (exact) mass is 392 g/mol. The van der Waals surface area contributed by atoms with Gasteiger partial charge in [0, 0.05) is 12.0 Å². The second kappa shape index (κ2) is 8.90. The molecule has 1 heterocycles. The van der Waals surface area contributed by atoms with Gasteiger partial charge >= 0.3 is 11.9 Å². The molecular formula is C20H24O8. The van der Waals surface area contributed by atoms with Crippen LogP contribution < -0.4 is 0 Å². The number of phenolic OH excluding ortho intramolecular Hbond substituents is 1. The molecule has 0 aromatic heterocycles. The van der Waals surface area contributed by atoms with Gasteiger partial charge in [0.25, 0.3) is 0 Å². The van der Waals surface area contributed by atoms with Crippen molar-refractivity contribution in [1.29, 1.82) is 0 Å². The highest BCUT2D eigenvalue weighted by Crippen LogP contribution is 2.37. The van der Waals surface area contributed by atoms with E-state index in [9.17, 15) is 24.9 Å². The second-order valence-corrected chi connectivity index (χ2v) is 6.38. The van der Waals surface area contributed by atoms with Crippen LogP contribution in [0.5, 0.6) is 5.75 Å². The SMILES string of the molecule is C/C=C1/[C@H](O)OC=C(C(=O)OC)[C@@]1(O)CC(=O)OCCc1ccc(O)c(C)c1. The Morgan fingerprint density at radius 1 is 1.36 bits per heavy atom. The molecule has 1 aliphatic heterocycles. The fourth-order valence-electron chi connectivity index (χ4n) is 2.98. The maximum Gasteiger partial charge on any atom is 0.340 e. The molecule has 0 radical (unpaired) electrons. The lowest BCUT2D eigenvalue weighted by atomic mass is 9.81. The van der Waals surface area contributed by atoms with Gasteiger partial charge in [-0.15, -0.1) is 0 Å². The van der Waals surface area contributed by atoms with E-state index in [0.717, 1.165) is 18.9 Å². The summed E-state index contributed by atoms with van der Waals surface area (Å²) in [5.74, 6) is -1.47. The molecule has 8 heteroatoms. The zero-order chi connectivity index (χ0) is 20.9. The van der Waals surface area contributed by atoms with Crippen LogP contribution in [0.4, 0.5) is 0 Å². The highest BCUT2D eigenvalue weighted by molar-refractivity contribution is 5.93. The summed E-state index contributed by atoms with van der Waals surface area (Å²) in [4.78, 5) is 24.3. The maximum atomic E-state index is 12.3. The van der Waals surface area contributed by atoms with Gasteiger partial charge in [0.05, 0.1) is 20.1 Å². The fraction of sp³-hybridized carbons (Fsp3) is 0.400. The van der Waals surface area contributed by atoms with E-state index in [1.807, 2.05) is 0 Å². The number of aliphatic hydroxyl groups is 2. The molecule has 28 heavy (non-hydrogen) atoms. The van der Waals surface area contributed by atoms with Gasteiger partial charge in [0.1, 0.15) is 23.2 Å². The quantitative estimate of drug-likeness (QED) is 0.488. The van der Waals surface area contributed by atoms with Gasteiger partial charge in [0.2, 0.25) is 6.29 Å². The molecule has 0 saturated carbocycles. The minimum absolute atomic E-state index is 0.0423. The van der Waals surface area contributed by atoms with Crippen LogP contribution >= 0.6 is 0 Å². The van der Waals surface area contributed by atoms with Crippen molar-refractivity contribution in [2.24, 2.45) is 0 Å². The Bertz CT molecular complexity index is 810. The van der Waals surface area contributed by atoms with E-state index >= 15 is 0 Å². The summed E-state index contributed by atoms with van der Waals surface area (Å²) >= 11 is 0. The van der Waals surface area contributed by atoms with Crippen LogP contribution in [0.3, 0.4) is 0 Å². The Hall–Kier alpha value is -2.84. The molecule has 0 bridgehead atoms. The molecule has 1 aromatic carbocycles. The Balaban J connectivity index is 2.08. The summed E-state index contributed by atoms with van der Waals surface area (Å²) < 4.78 is 14.8. The van der Waals surface area contributed by atoms with Crippen LogP contribution in [0.25, 0.3) is 0 Å². The predicted molar refractivity (Wildman–Crippen MR) is 98.0 cm³/mol. The minimum Gasteiger partial charge on any atom is -0.508 e. The van der Waals surface area contributed by atoms with E-state index in [1.165, 1.54) is 13.0 Å². The third kappa shape index (κ3) is 4.52. The maximum absolute atomic E-state index is 12.3. The van der Waals surface area contributed by atoms with Gasteiger partial charge in [-0.3, -0.25) is 4.79 Å². The van der Waals surface area contributed by atoms with Crippen molar-refractivity contribution in [2.45, 2.75) is 38.6 Å². The van der Waals surface area contributed by atoms with E-state index in [1.54, 1.807) is 25.1 Å². The Labute approximate surface area is 162 Å². The first-order valence-corrected chi connectivity index (χ1v) is 8.68. The first kappa shape index (κ1) is 21.5. The number of aromatic hydroxyl groups is 1. The highest BCUT2D eigenvalue weighted by Gasteiger charge is 2.48. The van der Waals surface area contributed by atoms with Crippen molar-refractivity contribution in [3.05, 3.63) is 52.8 Å². The lowest BCUT2D eigenvalue weighted by Crippen LogP contribution is -2.47. The zero-order valence-electron chi connectivity index (χ0n) is 16.0. The summed E-state index contributed by atoms with van der Waals surface area (Å²) in [6.45, 7) is 3.34. The molecule has 0 saturated heterocycles. The number of aliphatic hydroxyl groups excluding tert-OH is 1. The molecule has 0 spiro atoms. The van der Waals surface area contributed by atoms with E-state index in [-0.39, 0.29) is 23.5 Å². The number of carbonyl (C=O) groups is 2. The van der Waals surface area contributed by atoms with Crippen LogP contribution in [0.1, 0.15) is 24.5 Å². The van der Waals surface area contributed by atoms with Gasteiger partial charge < -0.3 is 29.5 Å². The van der Waals surface area contributed by atoms with Crippen molar-refractivity contribution in [2.75, 3.05) is 13.7 Å². The number of benzene rings is 1. The summed E-state index contributed by atoms with van der Waals surface area (Å²) in [7, 11) is 1.13. The summed E-state index contributed by atoms with van der Waals surface area (Å²) in [6, 6.07) is 5.06. The number of aryl methyl sites for hydroxylation is 1. The summed E-state index contributed by atoms with van der Waals surface area (Å²) in [6.07, 6.45) is 0.565. The molecule has 152 valence electrons.